The van der Waals surface area contributed by atoms with E-state index in [1.807, 2.05) is 6.92 Å². The van der Waals surface area contributed by atoms with E-state index >= 15 is 0 Å². The van der Waals surface area contributed by atoms with Gasteiger partial charge in [0.1, 0.15) is 0 Å². The van der Waals surface area contributed by atoms with Crippen molar-refractivity contribution in [1.29, 1.82) is 0 Å². The minimum atomic E-state index is -4.60. The molecule has 1 fully saturated rings. The number of aryl methyl sites for hydroxylation is 1. The average molecular weight is 400 g/mol. The number of hydrogen-bond donors (Lipinski definition) is 0. The fraction of sp³-hybridized carbons (Fsp3) is 0.526. The Morgan fingerprint density at radius 2 is 1.74 bits per heavy atom. The van der Waals surface area contributed by atoms with E-state index < -0.39 is 27.3 Å². The number of nitrogens with zero attached hydrogens (tertiary/aromatic N) is 2. The predicted octanol–water partition coefficient (Wildman–Crippen LogP) is 5.00. The molecule has 1 aromatic heterocycles. The van der Waals surface area contributed by atoms with Crippen molar-refractivity contribution < 1.29 is 21.6 Å². The van der Waals surface area contributed by atoms with Gasteiger partial charge in [-0.2, -0.15) is 13.2 Å². The van der Waals surface area contributed by atoms with E-state index in [2.05, 4.69) is 4.98 Å². The number of imidazole rings is 1. The molecule has 148 valence electrons. The highest BCUT2D eigenvalue weighted by molar-refractivity contribution is 7.90. The minimum absolute atomic E-state index is 0.0302. The van der Waals surface area contributed by atoms with E-state index in [0.29, 0.717) is 5.69 Å². The standard InChI is InChI=1S/C19H23F3N2O2S/c1-13-14(2)24(16-9-4-3-5-10-16)18(23-13)27(25,26)12-15-8-6-7-11-17(15)19(20,21)22/h6-8,11,16H,3-5,9-10,12H2,1-2H3. The fourth-order valence-corrected chi connectivity index (χ4v) is 5.43. The molecule has 1 aliphatic rings. The summed E-state index contributed by atoms with van der Waals surface area (Å²) in [5.41, 5.74) is 0.198. The van der Waals surface area contributed by atoms with E-state index in [1.54, 1.807) is 11.5 Å². The van der Waals surface area contributed by atoms with Crippen LogP contribution in [0.25, 0.3) is 0 Å². The molecule has 3 rings (SSSR count). The highest BCUT2D eigenvalue weighted by Crippen LogP contribution is 2.36. The third kappa shape index (κ3) is 4.05. The Labute approximate surface area is 157 Å². The maximum Gasteiger partial charge on any atom is 0.416 e. The molecular formula is C19H23F3N2O2S. The van der Waals surface area contributed by atoms with Crippen molar-refractivity contribution in [3.8, 4) is 0 Å². The molecule has 2 aromatic rings. The van der Waals surface area contributed by atoms with Crippen LogP contribution in [0.3, 0.4) is 0 Å². The van der Waals surface area contributed by atoms with Gasteiger partial charge in [0.25, 0.3) is 0 Å². The van der Waals surface area contributed by atoms with E-state index in [-0.39, 0.29) is 16.8 Å². The molecule has 1 aliphatic carbocycles. The van der Waals surface area contributed by atoms with Crippen LogP contribution in [0, 0.1) is 13.8 Å². The average Bonchev–Trinajstić information content (AvgIpc) is 2.91. The maximum absolute atomic E-state index is 13.2. The zero-order valence-electron chi connectivity index (χ0n) is 15.4. The number of aromatic nitrogens is 2. The molecule has 1 heterocycles. The molecule has 4 nitrogen and oxygen atoms in total. The van der Waals surface area contributed by atoms with Crippen LogP contribution in [0.5, 0.6) is 0 Å². The van der Waals surface area contributed by atoms with Gasteiger partial charge in [0, 0.05) is 11.7 Å². The van der Waals surface area contributed by atoms with Crippen molar-refractivity contribution >= 4 is 9.84 Å². The van der Waals surface area contributed by atoms with Crippen molar-refractivity contribution in [3.63, 3.8) is 0 Å². The Bertz CT molecular complexity index is 927. The number of alkyl halides is 3. The summed E-state index contributed by atoms with van der Waals surface area (Å²) in [6.07, 6.45) is 0.257. The summed E-state index contributed by atoms with van der Waals surface area (Å²) in [6, 6.07) is 4.84. The van der Waals surface area contributed by atoms with E-state index in [0.717, 1.165) is 43.9 Å². The third-order valence-corrected chi connectivity index (χ3v) is 6.78. The van der Waals surface area contributed by atoms with E-state index in [1.165, 1.54) is 18.2 Å². The lowest BCUT2D eigenvalue weighted by atomic mass is 9.95. The zero-order valence-corrected chi connectivity index (χ0v) is 16.2. The van der Waals surface area contributed by atoms with Crippen LogP contribution >= 0.6 is 0 Å². The van der Waals surface area contributed by atoms with Crippen molar-refractivity contribution in [2.75, 3.05) is 0 Å². The number of benzene rings is 1. The van der Waals surface area contributed by atoms with Gasteiger partial charge in [-0.25, -0.2) is 13.4 Å². The normalized spacial score (nSPS) is 16.6. The molecule has 0 spiro atoms. The molecule has 0 N–H and O–H groups in total. The van der Waals surface area contributed by atoms with Crippen LogP contribution in [-0.2, 0) is 21.8 Å². The van der Waals surface area contributed by atoms with Crippen LogP contribution in [-0.4, -0.2) is 18.0 Å². The number of halogens is 3. The van der Waals surface area contributed by atoms with E-state index in [9.17, 15) is 21.6 Å². The summed E-state index contributed by atoms with van der Waals surface area (Å²) in [5.74, 6) is -0.717. The lowest BCUT2D eigenvalue weighted by Crippen LogP contribution is -2.21. The molecule has 1 aromatic carbocycles. The lowest BCUT2D eigenvalue weighted by Gasteiger charge is -2.26. The molecule has 0 unspecified atom stereocenters. The molecule has 27 heavy (non-hydrogen) atoms. The first kappa shape index (κ1) is 19.9. The SMILES string of the molecule is Cc1nc(S(=O)(=O)Cc2ccccc2C(F)(F)F)n(C2CCCCC2)c1C. The number of hydrogen-bond acceptors (Lipinski definition) is 3. The Balaban J connectivity index is 2.03. The Kier molecular flexibility index (Phi) is 5.38. The van der Waals surface area contributed by atoms with Crippen molar-refractivity contribution in [2.45, 2.75) is 69.1 Å². The molecule has 1 saturated carbocycles. The zero-order chi connectivity index (χ0) is 19.8. The quantitative estimate of drug-likeness (QED) is 0.726. The van der Waals surface area contributed by atoms with Gasteiger partial charge in [0.2, 0.25) is 15.0 Å². The van der Waals surface area contributed by atoms with Crippen LogP contribution < -0.4 is 0 Å². The van der Waals surface area contributed by atoms with Crippen LogP contribution in [0.2, 0.25) is 0 Å². The van der Waals surface area contributed by atoms with Gasteiger partial charge in [-0.3, -0.25) is 0 Å². The number of sulfone groups is 1. The second-order valence-electron chi connectivity index (χ2n) is 7.14. The van der Waals surface area contributed by atoms with Gasteiger partial charge in [-0.1, -0.05) is 37.5 Å². The first-order chi connectivity index (χ1) is 12.6. The van der Waals surface area contributed by atoms with Gasteiger partial charge < -0.3 is 4.57 Å². The Morgan fingerprint density at radius 1 is 1.11 bits per heavy atom. The highest BCUT2D eigenvalue weighted by atomic mass is 32.2. The van der Waals surface area contributed by atoms with Gasteiger partial charge in [-0.05, 0) is 38.3 Å². The van der Waals surface area contributed by atoms with E-state index in [4.69, 9.17) is 0 Å². The molecule has 0 amide bonds. The topological polar surface area (TPSA) is 52.0 Å². The predicted molar refractivity (Wildman–Crippen MR) is 96.2 cm³/mol. The highest BCUT2D eigenvalue weighted by Gasteiger charge is 2.36. The van der Waals surface area contributed by atoms with Crippen molar-refractivity contribution in [1.82, 2.24) is 9.55 Å². The van der Waals surface area contributed by atoms with Gasteiger partial charge >= 0.3 is 6.18 Å². The maximum atomic E-state index is 13.2. The smallest absolute Gasteiger partial charge is 0.316 e. The minimum Gasteiger partial charge on any atom is -0.316 e. The first-order valence-electron chi connectivity index (χ1n) is 9.04. The van der Waals surface area contributed by atoms with Crippen molar-refractivity contribution in [3.05, 3.63) is 46.8 Å². The summed E-state index contributed by atoms with van der Waals surface area (Å²) in [6.45, 7) is 3.55. The van der Waals surface area contributed by atoms with Crippen molar-refractivity contribution in [2.24, 2.45) is 0 Å². The van der Waals surface area contributed by atoms with Crippen LogP contribution in [0.1, 0.15) is 60.7 Å². The summed E-state index contributed by atoms with van der Waals surface area (Å²) >= 11 is 0. The number of rotatable bonds is 4. The Morgan fingerprint density at radius 3 is 2.37 bits per heavy atom. The first-order valence-corrected chi connectivity index (χ1v) is 10.7. The molecule has 0 saturated heterocycles. The summed E-state index contributed by atoms with van der Waals surface area (Å²) in [7, 11) is -4.03. The van der Waals surface area contributed by atoms with Crippen LogP contribution in [0.4, 0.5) is 13.2 Å². The lowest BCUT2D eigenvalue weighted by molar-refractivity contribution is -0.138. The second-order valence-corrected chi connectivity index (χ2v) is 9.02. The largest absolute Gasteiger partial charge is 0.416 e. The second kappa shape index (κ2) is 7.30. The van der Waals surface area contributed by atoms with Crippen LogP contribution in [0.15, 0.2) is 29.4 Å². The fourth-order valence-electron chi connectivity index (χ4n) is 3.78. The molecular weight excluding hydrogens is 377 g/mol. The summed E-state index contributed by atoms with van der Waals surface area (Å²) in [5, 5.41) is -0.110. The monoisotopic (exact) mass is 400 g/mol. The molecule has 0 aliphatic heterocycles. The summed E-state index contributed by atoms with van der Waals surface area (Å²) < 4.78 is 67.6. The molecule has 0 atom stereocenters. The van der Waals surface area contributed by atoms with Gasteiger partial charge in [0.15, 0.2) is 0 Å². The summed E-state index contributed by atoms with van der Waals surface area (Å²) in [4.78, 5) is 4.24. The third-order valence-electron chi connectivity index (χ3n) is 5.24. The van der Waals surface area contributed by atoms with Gasteiger partial charge in [0.05, 0.1) is 17.0 Å². The molecule has 0 bridgehead atoms. The molecule has 8 heteroatoms. The van der Waals surface area contributed by atoms with Gasteiger partial charge in [-0.15, -0.1) is 0 Å². The molecule has 0 radical (unpaired) electrons. The Hall–Kier alpha value is -1.83.